The van der Waals surface area contributed by atoms with E-state index in [9.17, 15) is 13.2 Å². The van der Waals surface area contributed by atoms with Gasteiger partial charge in [0, 0.05) is 0 Å². The van der Waals surface area contributed by atoms with Gasteiger partial charge < -0.3 is 5.11 Å². The largest absolute Gasteiger partial charge is 0.393 e. The van der Waals surface area contributed by atoms with Crippen molar-refractivity contribution in [3.05, 3.63) is 35.1 Å². The maximum atomic E-state index is 12.8. The number of aryl methyl sites for hydroxylation is 1. The molecule has 0 radical (unpaired) electrons. The van der Waals surface area contributed by atoms with Gasteiger partial charge in [0.15, 0.2) is 17.5 Å². The lowest BCUT2D eigenvalue weighted by atomic mass is 10.1. The summed E-state index contributed by atoms with van der Waals surface area (Å²) < 4.78 is 38.3. The molecule has 1 rings (SSSR count). The number of benzene rings is 1. The molecule has 0 saturated carbocycles. The summed E-state index contributed by atoms with van der Waals surface area (Å²) >= 11 is 0. The maximum absolute atomic E-state index is 12.8. The highest BCUT2D eigenvalue weighted by Gasteiger charge is 2.10. The van der Waals surface area contributed by atoms with Crippen molar-refractivity contribution >= 4 is 0 Å². The van der Waals surface area contributed by atoms with E-state index in [4.69, 9.17) is 5.11 Å². The highest BCUT2D eigenvalue weighted by molar-refractivity contribution is 5.19. The first-order valence-corrected chi connectivity index (χ1v) is 5.32. The summed E-state index contributed by atoms with van der Waals surface area (Å²) in [4.78, 5) is 0. The van der Waals surface area contributed by atoms with E-state index in [0.717, 1.165) is 25.0 Å². The molecule has 0 fully saturated rings. The van der Waals surface area contributed by atoms with Gasteiger partial charge in [0.05, 0.1) is 6.10 Å². The van der Waals surface area contributed by atoms with E-state index < -0.39 is 17.5 Å². The lowest BCUT2D eigenvalue weighted by molar-refractivity contribution is 0.180. The number of hydrogen-bond acceptors (Lipinski definition) is 1. The van der Waals surface area contributed by atoms with Gasteiger partial charge in [-0.15, -0.1) is 0 Å². The number of rotatable bonds is 5. The third kappa shape index (κ3) is 3.85. The van der Waals surface area contributed by atoms with E-state index in [0.29, 0.717) is 18.4 Å². The van der Waals surface area contributed by atoms with E-state index >= 15 is 0 Å². The van der Waals surface area contributed by atoms with Gasteiger partial charge in [-0.05, 0) is 43.9 Å². The highest BCUT2D eigenvalue weighted by atomic mass is 19.2. The molecule has 0 aromatic heterocycles. The molecule has 0 spiro atoms. The van der Waals surface area contributed by atoms with Crippen molar-refractivity contribution < 1.29 is 18.3 Å². The molecule has 4 heteroatoms. The van der Waals surface area contributed by atoms with Crippen LogP contribution in [0.3, 0.4) is 0 Å². The van der Waals surface area contributed by atoms with Crippen molar-refractivity contribution in [1.82, 2.24) is 0 Å². The number of aliphatic hydroxyl groups excluding tert-OH is 1. The van der Waals surface area contributed by atoms with Gasteiger partial charge in [0.1, 0.15) is 0 Å². The van der Waals surface area contributed by atoms with E-state index in [2.05, 4.69) is 0 Å². The topological polar surface area (TPSA) is 20.2 Å². The number of halogens is 3. The Morgan fingerprint density at radius 1 is 1.12 bits per heavy atom. The number of aliphatic hydroxyl groups is 1. The van der Waals surface area contributed by atoms with Crippen LogP contribution in [0.1, 0.15) is 31.7 Å². The third-order valence-electron chi connectivity index (χ3n) is 2.38. The maximum Gasteiger partial charge on any atom is 0.194 e. The molecule has 0 bridgehead atoms. The van der Waals surface area contributed by atoms with Gasteiger partial charge in [0.25, 0.3) is 0 Å². The van der Waals surface area contributed by atoms with Crippen molar-refractivity contribution in [3.8, 4) is 0 Å². The van der Waals surface area contributed by atoms with Gasteiger partial charge in [-0.2, -0.15) is 0 Å². The van der Waals surface area contributed by atoms with Crippen molar-refractivity contribution in [2.24, 2.45) is 0 Å². The monoisotopic (exact) mass is 232 g/mol. The molecule has 0 aliphatic carbocycles. The second kappa shape index (κ2) is 5.89. The van der Waals surface area contributed by atoms with Crippen LogP contribution in [0.15, 0.2) is 12.1 Å². The van der Waals surface area contributed by atoms with E-state index in [1.807, 2.05) is 0 Å². The van der Waals surface area contributed by atoms with Crippen molar-refractivity contribution in [3.63, 3.8) is 0 Å². The predicted molar refractivity (Wildman–Crippen MR) is 55.6 cm³/mol. The van der Waals surface area contributed by atoms with E-state index in [1.165, 1.54) is 0 Å². The molecule has 1 unspecified atom stereocenters. The first-order valence-electron chi connectivity index (χ1n) is 5.32. The van der Waals surface area contributed by atoms with Gasteiger partial charge in [-0.25, -0.2) is 13.2 Å². The Morgan fingerprint density at radius 3 is 2.19 bits per heavy atom. The summed E-state index contributed by atoms with van der Waals surface area (Å²) in [6.07, 6.45) is 2.28. The molecule has 1 aromatic carbocycles. The highest BCUT2D eigenvalue weighted by Crippen LogP contribution is 2.15. The Hall–Kier alpha value is -1.03. The van der Waals surface area contributed by atoms with Gasteiger partial charge >= 0.3 is 0 Å². The van der Waals surface area contributed by atoms with Crippen LogP contribution in [0.25, 0.3) is 0 Å². The molecule has 0 saturated heterocycles. The van der Waals surface area contributed by atoms with Crippen LogP contribution < -0.4 is 0 Å². The van der Waals surface area contributed by atoms with Crippen LogP contribution in [0, 0.1) is 17.5 Å². The molecular weight excluding hydrogens is 217 g/mol. The van der Waals surface area contributed by atoms with Crippen LogP contribution in [0.5, 0.6) is 0 Å². The van der Waals surface area contributed by atoms with Crippen LogP contribution >= 0.6 is 0 Å². The van der Waals surface area contributed by atoms with E-state index in [1.54, 1.807) is 6.92 Å². The fraction of sp³-hybridized carbons (Fsp3) is 0.500. The lowest BCUT2D eigenvalue weighted by Crippen LogP contribution is -2.00. The molecule has 0 amide bonds. The summed E-state index contributed by atoms with van der Waals surface area (Å²) in [6, 6.07) is 2.03. The Kier molecular flexibility index (Phi) is 4.80. The minimum absolute atomic E-state index is 0.360. The number of hydrogen-bond donors (Lipinski definition) is 1. The quantitative estimate of drug-likeness (QED) is 0.610. The SMILES string of the molecule is CC(O)CCCCc1cc(F)c(F)c(F)c1. The zero-order chi connectivity index (χ0) is 12.1. The molecule has 1 N–H and O–H groups in total. The van der Waals surface area contributed by atoms with Crippen LogP contribution in [0.4, 0.5) is 13.2 Å². The summed E-state index contributed by atoms with van der Waals surface area (Å²) in [6.45, 7) is 1.69. The zero-order valence-corrected chi connectivity index (χ0v) is 9.14. The molecule has 90 valence electrons. The fourth-order valence-corrected chi connectivity index (χ4v) is 1.52. The Labute approximate surface area is 92.9 Å². The summed E-state index contributed by atoms with van der Waals surface area (Å²) in [7, 11) is 0. The summed E-state index contributed by atoms with van der Waals surface area (Å²) in [5.41, 5.74) is 0.446. The van der Waals surface area contributed by atoms with Gasteiger partial charge in [-0.1, -0.05) is 6.42 Å². The van der Waals surface area contributed by atoms with Crippen LogP contribution in [0.2, 0.25) is 0 Å². The normalized spacial score (nSPS) is 12.8. The minimum atomic E-state index is -1.42. The van der Waals surface area contributed by atoms with Gasteiger partial charge in [0.2, 0.25) is 0 Å². The average molecular weight is 232 g/mol. The molecular formula is C12H15F3O. The Morgan fingerprint density at radius 2 is 1.69 bits per heavy atom. The molecule has 0 aliphatic rings. The Balaban J connectivity index is 2.49. The summed E-state index contributed by atoms with van der Waals surface area (Å²) in [5.74, 6) is -3.72. The Bertz CT molecular complexity index is 327. The summed E-state index contributed by atoms with van der Waals surface area (Å²) in [5, 5.41) is 9.00. The van der Waals surface area contributed by atoms with Gasteiger partial charge in [-0.3, -0.25) is 0 Å². The standard InChI is InChI=1S/C12H15F3O/c1-8(16)4-2-3-5-9-6-10(13)12(15)11(14)7-9/h6-8,16H,2-5H2,1H3. The first kappa shape index (κ1) is 13.0. The number of unbranched alkanes of at least 4 members (excludes halogenated alkanes) is 1. The lowest BCUT2D eigenvalue weighted by Gasteiger charge is -2.05. The molecule has 0 heterocycles. The van der Waals surface area contributed by atoms with E-state index in [-0.39, 0.29) is 6.10 Å². The molecule has 0 aliphatic heterocycles. The fourth-order valence-electron chi connectivity index (χ4n) is 1.52. The molecule has 1 atom stereocenters. The zero-order valence-electron chi connectivity index (χ0n) is 9.14. The molecule has 1 nitrogen and oxygen atoms in total. The van der Waals surface area contributed by atoms with Crippen LogP contribution in [-0.4, -0.2) is 11.2 Å². The minimum Gasteiger partial charge on any atom is -0.393 e. The van der Waals surface area contributed by atoms with Crippen LogP contribution in [-0.2, 0) is 6.42 Å². The smallest absolute Gasteiger partial charge is 0.194 e. The first-order chi connectivity index (χ1) is 7.50. The molecule has 1 aromatic rings. The average Bonchev–Trinajstić information content (AvgIpc) is 2.20. The predicted octanol–water partition coefficient (Wildman–Crippen LogP) is 3.20. The van der Waals surface area contributed by atoms with Crippen molar-refractivity contribution in [2.45, 2.75) is 38.7 Å². The second-order valence-electron chi connectivity index (χ2n) is 3.97. The van der Waals surface area contributed by atoms with Crippen molar-refractivity contribution in [1.29, 1.82) is 0 Å². The second-order valence-corrected chi connectivity index (χ2v) is 3.97. The molecule has 16 heavy (non-hydrogen) atoms. The third-order valence-corrected chi connectivity index (χ3v) is 2.38. The van der Waals surface area contributed by atoms with Crippen molar-refractivity contribution in [2.75, 3.05) is 0 Å².